The first-order valence-corrected chi connectivity index (χ1v) is 4.75. The molecule has 0 heterocycles. The maximum Gasteiger partial charge on any atom is 0.346 e. The molecule has 1 N–H and O–H groups in total. The van der Waals surface area contributed by atoms with Crippen LogP contribution in [0.4, 0.5) is 5.69 Å². The first-order valence-electron chi connectivity index (χ1n) is 4.75. The van der Waals surface area contributed by atoms with Crippen LogP contribution >= 0.6 is 0 Å². The molecule has 1 aromatic carbocycles. The molecule has 0 radical (unpaired) electrons. The zero-order valence-electron chi connectivity index (χ0n) is 9.34. The molecule has 16 heavy (non-hydrogen) atoms. The fourth-order valence-electron chi connectivity index (χ4n) is 1.20. The summed E-state index contributed by atoms with van der Waals surface area (Å²) in [5.74, 6) is -1.06. The number of carboxylic acids is 1. The summed E-state index contributed by atoms with van der Waals surface area (Å²) in [5.41, 5.74) is 2.21. The molecule has 0 amide bonds. The van der Waals surface area contributed by atoms with Crippen LogP contribution in [0.5, 0.6) is 0 Å². The summed E-state index contributed by atoms with van der Waals surface area (Å²) in [6.07, 6.45) is 0.877. The van der Waals surface area contributed by atoms with Crippen LogP contribution in [0.2, 0.25) is 0 Å². The first kappa shape index (κ1) is 12.0. The number of hydrogen-bond acceptors (Lipinski definition) is 3. The summed E-state index contributed by atoms with van der Waals surface area (Å²) in [6, 6.07) is 7.28. The third-order valence-corrected chi connectivity index (χ3v) is 2.07. The largest absolute Gasteiger partial charge is 0.477 e. The minimum atomic E-state index is -1.06. The molecule has 4 heteroatoms. The van der Waals surface area contributed by atoms with Crippen molar-refractivity contribution in [2.75, 3.05) is 14.1 Å². The average molecular weight is 218 g/mol. The highest BCUT2D eigenvalue weighted by molar-refractivity contribution is 6.22. The van der Waals surface area contributed by atoms with Gasteiger partial charge in [-0.3, -0.25) is 0 Å². The lowest BCUT2D eigenvalue weighted by atomic mass is 10.1. The van der Waals surface area contributed by atoms with Crippen LogP contribution in [-0.4, -0.2) is 36.3 Å². The normalized spacial score (nSPS) is 10.4. The first-order chi connectivity index (χ1) is 7.52. The second-order valence-corrected chi connectivity index (χ2v) is 3.45. The maximum atomic E-state index is 10.4. The van der Waals surface area contributed by atoms with E-state index in [0.29, 0.717) is 5.69 Å². The second-order valence-electron chi connectivity index (χ2n) is 3.45. The van der Waals surface area contributed by atoms with Crippen molar-refractivity contribution in [1.29, 1.82) is 0 Å². The summed E-state index contributed by atoms with van der Waals surface area (Å²) in [4.78, 5) is 16.2. The van der Waals surface area contributed by atoms with Gasteiger partial charge in [-0.2, -0.15) is 0 Å². The Hall–Kier alpha value is -2.10. The molecule has 0 bridgehead atoms. The van der Waals surface area contributed by atoms with Crippen LogP contribution in [0.1, 0.15) is 5.56 Å². The van der Waals surface area contributed by atoms with Crippen molar-refractivity contribution in [2.24, 2.45) is 4.99 Å². The second kappa shape index (κ2) is 5.11. The van der Waals surface area contributed by atoms with E-state index in [1.165, 1.54) is 0 Å². The van der Waals surface area contributed by atoms with Gasteiger partial charge in [0.05, 0.1) is 5.69 Å². The van der Waals surface area contributed by atoms with E-state index in [-0.39, 0.29) is 0 Å². The molecule has 0 aliphatic rings. The minimum Gasteiger partial charge on any atom is -0.477 e. The standard InChI is InChI=1S/C12H14N2O2/c1-9(14(2)3)10-6-4-5-7-11(10)13-8-12(15)16/h4-8H,1H2,2-3H3,(H,15,16)/b13-8+. The third kappa shape index (κ3) is 2.95. The molecule has 0 fully saturated rings. The quantitative estimate of drug-likeness (QED) is 0.786. The van der Waals surface area contributed by atoms with Gasteiger partial charge >= 0.3 is 5.97 Å². The number of aliphatic carboxylic acids is 1. The summed E-state index contributed by atoms with van der Waals surface area (Å²) >= 11 is 0. The van der Waals surface area contributed by atoms with Gasteiger partial charge in [0.15, 0.2) is 0 Å². The summed E-state index contributed by atoms with van der Waals surface area (Å²) < 4.78 is 0. The molecule has 0 unspecified atom stereocenters. The van der Waals surface area contributed by atoms with E-state index in [2.05, 4.69) is 11.6 Å². The average Bonchev–Trinajstić information content (AvgIpc) is 2.25. The van der Waals surface area contributed by atoms with E-state index < -0.39 is 5.97 Å². The van der Waals surface area contributed by atoms with E-state index in [1.807, 2.05) is 31.1 Å². The molecule has 0 atom stereocenters. The highest BCUT2D eigenvalue weighted by Gasteiger charge is 2.05. The summed E-state index contributed by atoms with van der Waals surface area (Å²) in [5, 5.41) is 8.53. The molecule has 84 valence electrons. The fourth-order valence-corrected chi connectivity index (χ4v) is 1.20. The van der Waals surface area contributed by atoms with Gasteiger partial charge in [-0.05, 0) is 6.07 Å². The van der Waals surface area contributed by atoms with Gasteiger partial charge in [0.1, 0.15) is 6.21 Å². The predicted molar refractivity (Wildman–Crippen MR) is 65.0 cm³/mol. The van der Waals surface area contributed by atoms with Gasteiger partial charge in [0, 0.05) is 25.4 Å². The zero-order valence-corrected chi connectivity index (χ0v) is 9.34. The van der Waals surface area contributed by atoms with Crippen molar-refractivity contribution >= 4 is 23.6 Å². The maximum absolute atomic E-state index is 10.4. The van der Waals surface area contributed by atoms with Gasteiger partial charge in [-0.15, -0.1) is 0 Å². The Balaban J connectivity index is 3.10. The Bertz CT molecular complexity index is 436. The van der Waals surface area contributed by atoms with Crippen LogP contribution < -0.4 is 0 Å². The molecular formula is C12H14N2O2. The topological polar surface area (TPSA) is 52.9 Å². The monoisotopic (exact) mass is 218 g/mol. The molecule has 1 rings (SSSR count). The van der Waals surface area contributed by atoms with E-state index >= 15 is 0 Å². The Morgan fingerprint density at radius 3 is 2.62 bits per heavy atom. The number of para-hydroxylation sites is 1. The minimum absolute atomic E-state index is 0.601. The van der Waals surface area contributed by atoms with Crippen molar-refractivity contribution in [3.05, 3.63) is 36.4 Å². The Morgan fingerprint density at radius 2 is 2.06 bits per heavy atom. The Kier molecular flexibility index (Phi) is 3.83. The van der Waals surface area contributed by atoms with Crippen LogP contribution in [0, 0.1) is 0 Å². The SMILES string of the molecule is C=C(c1ccccc1/N=C/C(=O)O)N(C)C. The number of rotatable bonds is 4. The van der Waals surface area contributed by atoms with E-state index in [1.54, 1.807) is 12.1 Å². The molecule has 0 aromatic heterocycles. The van der Waals surface area contributed by atoms with E-state index in [9.17, 15) is 4.79 Å². The number of nitrogens with zero attached hydrogens (tertiary/aromatic N) is 2. The van der Waals surface area contributed by atoms with Gasteiger partial charge < -0.3 is 10.0 Å². The lowest BCUT2D eigenvalue weighted by Gasteiger charge is -2.17. The van der Waals surface area contributed by atoms with Gasteiger partial charge in [-0.1, -0.05) is 24.8 Å². The highest BCUT2D eigenvalue weighted by Crippen LogP contribution is 2.25. The Morgan fingerprint density at radius 1 is 1.44 bits per heavy atom. The predicted octanol–water partition coefficient (Wildman–Crippen LogP) is 2.01. The van der Waals surface area contributed by atoms with Crippen LogP contribution in [0.25, 0.3) is 5.70 Å². The van der Waals surface area contributed by atoms with Crippen molar-refractivity contribution in [3.8, 4) is 0 Å². The molecule has 0 aliphatic heterocycles. The van der Waals surface area contributed by atoms with Crippen molar-refractivity contribution in [1.82, 2.24) is 4.90 Å². The molecule has 1 aromatic rings. The lowest BCUT2D eigenvalue weighted by molar-refractivity contribution is -0.128. The van der Waals surface area contributed by atoms with Crippen molar-refractivity contribution in [3.63, 3.8) is 0 Å². The molecular weight excluding hydrogens is 204 g/mol. The molecule has 0 saturated heterocycles. The van der Waals surface area contributed by atoms with Crippen LogP contribution in [0.15, 0.2) is 35.8 Å². The summed E-state index contributed by atoms with van der Waals surface area (Å²) in [6.45, 7) is 3.92. The smallest absolute Gasteiger partial charge is 0.346 e. The number of carbonyl (C=O) groups is 1. The van der Waals surface area contributed by atoms with Gasteiger partial charge in [0.25, 0.3) is 0 Å². The number of benzene rings is 1. The zero-order chi connectivity index (χ0) is 12.1. The third-order valence-electron chi connectivity index (χ3n) is 2.07. The molecule has 0 spiro atoms. The Labute approximate surface area is 94.5 Å². The fraction of sp³-hybridized carbons (Fsp3) is 0.167. The van der Waals surface area contributed by atoms with Gasteiger partial charge in [-0.25, -0.2) is 9.79 Å². The van der Waals surface area contributed by atoms with E-state index in [0.717, 1.165) is 17.5 Å². The van der Waals surface area contributed by atoms with Crippen LogP contribution in [0.3, 0.4) is 0 Å². The van der Waals surface area contributed by atoms with Crippen LogP contribution in [-0.2, 0) is 4.79 Å². The number of aliphatic imine (C=N–C) groups is 1. The number of hydrogen-bond donors (Lipinski definition) is 1. The molecule has 4 nitrogen and oxygen atoms in total. The van der Waals surface area contributed by atoms with Crippen molar-refractivity contribution < 1.29 is 9.90 Å². The van der Waals surface area contributed by atoms with Crippen molar-refractivity contribution in [2.45, 2.75) is 0 Å². The highest BCUT2D eigenvalue weighted by atomic mass is 16.4. The number of carboxylic acid groups (broad SMARTS) is 1. The summed E-state index contributed by atoms with van der Waals surface area (Å²) in [7, 11) is 3.75. The lowest BCUT2D eigenvalue weighted by Crippen LogP contribution is -2.08. The molecule has 0 saturated carbocycles. The van der Waals surface area contributed by atoms with E-state index in [4.69, 9.17) is 5.11 Å². The molecule has 0 aliphatic carbocycles. The van der Waals surface area contributed by atoms with Gasteiger partial charge in [0.2, 0.25) is 0 Å².